The number of hydrogen-bond donors (Lipinski definition) is 1. The minimum absolute atomic E-state index is 0.113. The number of rotatable bonds is 2. The summed E-state index contributed by atoms with van der Waals surface area (Å²) in [6.45, 7) is 4.12. The summed E-state index contributed by atoms with van der Waals surface area (Å²) in [7, 11) is 0. The average molecular weight is 268 g/mol. The molecule has 1 unspecified atom stereocenters. The lowest BCUT2D eigenvalue weighted by atomic mass is 9.96. The Balaban J connectivity index is 2.60. The lowest BCUT2D eigenvalue weighted by Gasteiger charge is -2.13. The summed E-state index contributed by atoms with van der Waals surface area (Å²) < 4.78 is 37.9. The van der Waals surface area contributed by atoms with Crippen LogP contribution in [0, 0.1) is 0 Å². The summed E-state index contributed by atoms with van der Waals surface area (Å²) in [5.41, 5.74) is 6.22. The van der Waals surface area contributed by atoms with Crippen molar-refractivity contribution in [1.29, 1.82) is 0 Å². The van der Waals surface area contributed by atoms with Crippen LogP contribution in [0.1, 0.15) is 37.4 Å². The molecule has 0 fully saturated rings. The van der Waals surface area contributed by atoms with Crippen LogP contribution in [-0.4, -0.2) is 4.98 Å². The van der Waals surface area contributed by atoms with E-state index >= 15 is 0 Å². The predicted molar refractivity (Wildman–Crippen MR) is 69.9 cm³/mol. The largest absolute Gasteiger partial charge is 0.433 e. The Morgan fingerprint density at radius 3 is 2.53 bits per heavy atom. The first kappa shape index (κ1) is 13.6. The van der Waals surface area contributed by atoms with E-state index in [-0.39, 0.29) is 11.2 Å². The van der Waals surface area contributed by atoms with E-state index in [4.69, 9.17) is 5.73 Å². The third-order valence-electron chi connectivity index (χ3n) is 3.34. The van der Waals surface area contributed by atoms with Gasteiger partial charge in [0.15, 0.2) is 0 Å². The van der Waals surface area contributed by atoms with Crippen molar-refractivity contribution in [2.45, 2.75) is 32.4 Å². The van der Waals surface area contributed by atoms with Gasteiger partial charge in [-0.3, -0.25) is 0 Å². The Bertz CT molecular complexity index is 605. The molecule has 0 aliphatic carbocycles. The Kier molecular flexibility index (Phi) is 3.39. The van der Waals surface area contributed by atoms with E-state index in [1.165, 1.54) is 0 Å². The predicted octanol–water partition coefficient (Wildman–Crippen LogP) is 4.35. The second-order valence-electron chi connectivity index (χ2n) is 4.68. The van der Waals surface area contributed by atoms with Gasteiger partial charge < -0.3 is 5.73 Å². The number of aromatic nitrogens is 1. The van der Waals surface area contributed by atoms with Crippen LogP contribution < -0.4 is 5.73 Å². The zero-order chi connectivity index (χ0) is 14.2. The smallest absolute Gasteiger partial charge is 0.398 e. The van der Waals surface area contributed by atoms with Gasteiger partial charge in [-0.25, -0.2) is 4.98 Å². The van der Waals surface area contributed by atoms with Gasteiger partial charge in [-0.05, 0) is 36.1 Å². The zero-order valence-corrected chi connectivity index (χ0v) is 10.8. The van der Waals surface area contributed by atoms with E-state index in [1.54, 1.807) is 6.07 Å². The second kappa shape index (κ2) is 4.72. The molecule has 0 aliphatic rings. The summed E-state index contributed by atoms with van der Waals surface area (Å²) in [5, 5.41) is 0.575. The quantitative estimate of drug-likeness (QED) is 0.879. The molecule has 0 radical (unpaired) electrons. The minimum atomic E-state index is -4.47. The van der Waals surface area contributed by atoms with E-state index in [2.05, 4.69) is 18.8 Å². The molecular weight excluding hydrogens is 253 g/mol. The van der Waals surface area contributed by atoms with Crippen LogP contribution in [0.5, 0.6) is 0 Å². The number of nitrogen functional groups attached to an aromatic ring is 1. The number of anilines is 1. The number of nitrogens with two attached hydrogens (primary N) is 1. The third kappa shape index (κ3) is 2.64. The highest BCUT2D eigenvalue weighted by Crippen LogP contribution is 2.33. The average Bonchev–Trinajstić information content (AvgIpc) is 2.36. The van der Waals surface area contributed by atoms with Crippen LogP contribution in [0.25, 0.3) is 10.9 Å². The monoisotopic (exact) mass is 268 g/mol. The van der Waals surface area contributed by atoms with E-state index in [9.17, 15) is 13.2 Å². The van der Waals surface area contributed by atoms with Crippen molar-refractivity contribution in [3.63, 3.8) is 0 Å². The Morgan fingerprint density at radius 1 is 1.26 bits per heavy atom. The molecule has 1 heterocycles. The van der Waals surface area contributed by atoms with Crippen LogP contribution in [0.2, 0.25) is 0 Å². The summed E-state index contributed by atoms with van der Waals surface area (Å²) in [4.78, 5) is 3.63. The van der Waals surface area contributed by atoms with Crippen molar-refractivity contribution in [2.24, 2.45) is 0 Å². The van der Waals surface area contributed by atoms with Gasteiger partial charge >= 0.3 is 6.18 Å². The van der Waals surface area contributed by atoms with Gasteiger partial charge in [0.2, 0.25) is 0 Å². The van der Waals surface area contributed by atoms with Gasteiger partial charge in [0.1, 0.15) is 5.69 Å². The molecule has 102 valence electrons. The summed E-state index contributed by atoms with van der Waals surface area (Å²) in [6, 6.07) is 6.13. The van der Waals surface area contributed by atoms with Crippen molar-refractivity contribution < 1.29 is 13.2 Å². The molecule has 0 aliphatic heterocycles. The number of nitrogens with zero attached hydrogens (tertiary/aromatic N) is 1. The molecule has 2 N–H and O–H groups in total. The molecule has 2 rings (SSSR count). The normalized spacial score (nSPS) is 13.7. The van der Waals surface area contributed by atoms with Gasteiger partial charge in [-0.2, -0.15) is 13.2 Å². The van der Waals surface area contributed by atoms with E-state index < -0.39 is 11.9 Å². The van der Waals surface area contributed by atoms with Gasteiger partial charge in [0.05, 0.1) is 5.52 Å². The lowest BCUT2D eigenvalue weighted by molar-refractivity contribution is -0.140. The highest BCUT2D eigenvalue weighted by molar-refractivity contribution is 5.90. The second-order valence-corrected chi connectivity index (χ2v) is 4.68. The van der Waals surface area contributed by atoms with Gasteiger partial charge in [-0.1, -0.05) is 19.9 Å². The molecule has 0 saturated heterocycles. The molecule has 0 bridgehead atoms. The Hall–Kier alpha value is -1.78. The van der Waals surface area contributed by atoms with Crippen molar-refractivity contribution in [3.8, 4) is 0 Å². The maximum Gasteiger partial charge on any atom is 0.433 e. The Morgan fingerprint density at radius 2 is 1.95 bits per heavy atom. The maximum absolute atomic E-state index is 12.6. The lowest BCUT2D eigenvalue weighted by Crippen LogP contribution is -2.09. The molecule has 0 saturated carbocycles. The zero-order valence-electron chi connectivity index (χ0n) is 10.8. The van der Waals surface area contributed by atoms with E-state index in [1.807, 2.05) is 12.1 Å². The fourth-order valence-electron chi connectivity index (χ4n) is 1.96. The van der Waals surface area contributed by atoms with Crippen LogP contribution in [0.3, 0.4) is 0 Å². The first-order valence-electron chi connectivity index (χ1n) is 6.10. The standard InChI is InChI=1S/C14H15F3N2/c1-3-8(2)9-4-5-12-10(6-9)11(18)7-13(19-12)14(15,16)17/h4-8H,3H2,1-2H3,(H2,18,19). The molecule has 5 heteroatoms. The van der Waals surface area contributed by atoms with Crippen molar-refractivity contribution in [3.05, 3.63) is 35.5 Å². The number of halogens is 3. The third-order valence-corrected chi connectivity index (χ3v) is 3.34. The number of fused-ring (bicyclic) bond motifs is 1. The SMILES string of the molecule is CCC(C)c1ccc2nc(C(F)(F)F)cc(N)c2c1. The maximum atomic E-state index is 12.6. The highest BCUT2D eigenvalue weighted by atomic mass is 19.4. The molecule has 0 amide bonds. The van der Waals surface area contributed by atoms with Crippen LogP contribution in [-0.2, 0) is 6.18 Å². The fourth-order valence-corrected chi connectivity index (χ4v) is 1.96. The molecular formula is C14H15F3N2. The molecule has 1 aromatic heterocycles. The fraction of sp³-hybridized carbons (Fsp3) is 0.357. The number of pyridine rings is 1. The highest BCUT2D eigenvalue weighted by Gasteiger charge is 2.33. The van der Waals surface area contributed by atoms with Crippen LogP contribution >= 0.6 is 0 Å². The molecule has 1 atom stereocenters. The van der Waals surface area contributed by atoms with Crippen molar-refractivity contribution in [2.75, 3.05) is 5.73 Å². The van der Waals surface area contributed by atoms with E-state index in [0.29, 0.717) is 11.3 Å². The van der Waals surface area contributed by atoms with Crippen molar-refractivity contribution >= 4 is 16.6 Å². The summed E-state index contributed by atoms with van der Waals surface area (Å²) >= 11 is 0. The summed E-state index contributed by atoms with van der Waals surface area (Å²) in [6.07, 6.45) is -3.52. The van der Waals surface area contributed by atoms with Gasteiger partial charge in [0, 0.05) is 11.1 Å². The van der Waals surface area contributed by atoms with Crippen LogP contribution in [0.15, 0.2) is 24.3 Å². The number of hydrogen-bond acceptors (Lipinski definition) is 2. The molecule has 2 aromatic rings. The summed E-state index contributed by atoms with van der Waals surface area (Å²) in [5.74, 6) is 0.339. The molecule has 19 heavy (non-hydrogen) atoms. The molecule has 1 aromatic carbocycles. The van der Waals surface area contributed by atoms with Crippen LogP contribution in [0.4, 0.5) is 18.9 Å². The van der Waals surface area contributed by atoms with Gasteiger partial charge in [-0.15, -0.1) is 0 Å². The number of benzene rings is 1. The minimum Gasteiger partial charge on any atom is -0.398 e. The topological polar surface area (TPSA) is 38.9 Å². The number of alkyl halides is 3. The first-order chi connectivity index (χ1) is 8.82. The molecule has 0 spiro atoms. The van der Waals surface area contributed by atoms with Gasteiger partial charge in [0.25, 0.3) is 0 Å². The Labute approximate surface area is 109 Å². The van der Waals surface area contributed by atoms with Crippen molar-refractivity contribution in [1.82, 2.24) is 4.98 Å². The first-order valence-corrected chi connectivity index (χ1v) is 6.10. The van der Waals surface area contributed by atoms with E-state index in [0.717, 1.165) is 18.1 Å². The molecule has 2 nitrogen and oxygen atoms in total.